The number of fused-ring (bicyclic) bond motifs is 1. The highest BCUT2D eigenvalue weighted by atomic mass is 19.1. The summed E-state index contributed by atoms with van der Waals surface area (Å²) in [6, 6.07) is 8.56. The molecule has 30 heavy (non-hydrogen) atoms. The molecule has 158 valence electrons. The van der Waals surface area contributed by atoms with Crippen LogP contribution >= 0.6 is 0 Å². The van der Waals surface area contributed by atoms with Gasteiger partial charge in [-0.25, -0.2) is 9.37 Å². The first kappa shape index (κ1) is 20.4. The molecule has 1 aromatic carbocycles. The Kier molecular flexibility index (Phi) is 5.51. The highest BCUT2D eigenvalue weighted by Crippen LogP contribution is 2.25. The van der Waals surface area contributed by atoms with Crippen LogP contribution in [0.3, 0.4) is 0 Å². The summed E-state index contributed by atoms with van der Waals surface area (Å²) in [6.45, 7) is 5.07. The summed E-state index contributed by atoms with van der Waals surface area (Å²) in [6.07, 6.45) is 3.01. The number of benzene rings is 1. The van der Waals surface area contributed by atoms with Gasteiger partial charge in [0.2, 0.25) is 5.95 Å². The maximum atomic E-state index is 13.8. The van der Waals surface area contributed by atoms with Crippen molar-refractivity contribution in [2.45, 2.75) is 38.4 Å². The molecule has 0 aliphatic carbocycles. The molecule has 6 nitrogen and oxygen atoms in total. The summed E-state index contributed by atoms with van der Waals surface area (Å²) in [5.41, 5.74) is 1.44. The highest BCUT2D eigenvalue weighted by Gasteiger charge is 2.27. The summed E-state index contributed by atoms with van der Waals surface area (Å²) < 4.78 is 26.9. The molecule has 1 saturated heterocycles. The quantitative estimate of drug-likeness (QED) is 0.626. The molecule has 0 bridgehead atoms. The van der Waals surface area contributed by atoms with E-state index in [1.165, 1.54) is 12.3 Å². The van der Waals surface area contributed by atoms with Crippen LogP contribution in [0.15, 0.2) is 36.5 Å². The third-order valence-electron chi connectivity index (χ3n) is 5.36. The number of nitrogens with one attached hydrogen (secondary N) is 2. The lowest BCUT2D eigenvalue weighted by atomic mass is 10.0. The zero-order valence-corrected chi connectivity index (χ0v) is 17.1. The van der Waals surface area contributed by atoms with E-state index >= 15 is 0 Å². The van der Waals surface area contributed by atoms with Gasteiger partial charge in [0.1, 0.15) is 5.67 Å². The van der Waals surface area contributed by atoms with Gasteiger partial charge in [-0.3, -0.25) is 9.89 Å². The van der Waals surface area contributed by atoms with Gasteiger partial charge in [0.25, 0.3) is 5.91 Å². The Morgan fingerprint density at radius 2 is 1.97 bits per heavy atom. The van der Waals surface area contributed by atoms with Crippen LogP contribution in [-0.4, -0.2) is 57.3 Å². The van der Waals surface area contributed by atoms with Crippen molar-refractivity contribution in [3.05, 3.63) is 48.2 Å². The number of alkyl halides is 1. The van der Waals surface area contributed by atoms with Crippen LogP contribution in [0, 0.1) is 5.95 Å². The molecule has 0 unspecified atom stereocenters. The molecule has 1 amide bonds. The molecule has 3 heterocycles. The Morgan fingerprint density at radius 1 is 1.23 bits per heavy atom. The molecule has 2 aromatic heterocycles. The highest BCUT2D eigenvalue weighted by molar-refractivity contribution is 6.05. The van der Waals surface area contributed by atoms with Crippen molar-refractivity contribution >= 4 is 16.8 Å². The number of carbonyl (C=O) groups excluding carboxylic acids is 1. The van der Waals surface area contributed by atoms with Gasteiger partial charge in [0.05, 0.1) is 5.52 Å². The van der Waals surface area contributed by atoms with Gasteiger partial charge in [0, 0.05) is 42.8 Å². The summed E-state index contributed by atoms with van der Waals surface area (Å²) in [5.74, 6) is -0.774. The Bertz CT molecular complexity index is 1030. The van der Waals surface area contributed by atoms with Crippen molar-refractivity contribution in [3.63, 3.8) is 0 Å². The number of halogens is 2. The molecule has 1 fully saturated rings. The molecule has 0 atom stereocenters. The van der Waals surface area contributed by atoms with Gasteiger partial charge >= 0.3 is 0 Å². The SMILES string of the molecule is CC(C)(F)CN1CCC(NC(=O)c2n[nH]c3ccc(-c4ccc(F)nc4)cc23)CC1. The van der Waals surface area contributed by atoms with Crippen molar-refractivity contribution in [2.75, 3.05) is 19.6 Å². The lowest BCUT2D eigenvalue weighted by Gasteiger charge is -2.34. The number of H-pyrrole nitrogens is 1. The number of carbonyl (C=O) groups is 1. The molecule has 8 heteroatoms. The maximum absolute atomic E-state index is 13.8. The largest absolute Gasteiger partial charge is 0.348 e. The number of hydrogen-bond acceptors (Lipinski definition) is 4. The van der Waals surface area contributed by atoms with E-state index in [1.807, 2.05) is 18.2 Å². The van der Waals surface area contributed by atoms with Crippen LogP contribution < -0.4 is 5.32 Å². The van der Waals surface area contributed by atoms with Crippen molar-refractivity contribution in [2.24, 2.45) is 0 Å². The van der Waals surface area contributed by atoms with Crippen molar-refractivity contribution in [1.82, 2.24) is 25.4 Å². The molecule has 0 radical (unpaired) electrons. The van der Waals surface area contributed by atoms with Gasteiger partial charge in [-0.05, 0) is 56.5 Å². The van der Waals surface area contributed by atoms with Gasteiger partial charge in [-0.1, -0.05) is 6.07 Å². The Hall–Kier alpha value is -2.87. The van der Waals surface area contributed by atoms with Crippen LogP contribution in [0.4, 0.5) is 8.78 Å². The predicted octanol–water partition coefficient (Wildman–Crippen LogP) is 3.71. The van der Waals surface area contributed by atoms with E-state index in [-0.39, 0.29) is 11.9 Å². The van der Waals surface area contributed by atoms with E-state index in [4.69, 9.17) is 0 Å². The zero-order valence-electron chi connectivity index (χ0n) is 17.1. The van der Waals surface area contributed by atoms with Crippen LogP contribution in [0.2, 0.25) is 0 Å². The second-order valence-electron chi connectivity index (χ2n) is 8.44. The third-order valence-corrected chi connectivity index (χ3v) is 5.36. The lowest BCUT2D eigenvalue weighted by Crippen LogP contribution is -2.47. The van der Waals surface area contributed by atoms with Gasteiger partial charge < -0.3 is 10.2 Å². The topological polar surface area (TPSA) is 73.9 Å². The fourth-order valence-corrected chi connectivity index (χ4v) is 3.93. The first-order valence-electron chi connectivity index (χ1n) is 10.1. The Labute approximate surface area is 173 Å². The van der Waals surface area contributed by atoms with E-state index in [0.29, 0.717) is 17.6 Å². The zero-order chi connectivity index (χ0) is 21.3. The summed E-state index contributed by atoms with van der Waals surface area (Å²) in [7, 11) is 0. The van der Waals surface area contributed by atoms with Crippen LogP contribution in [0.1, 0.15) is 37.2 Å². The summed E-state index contributed by atoms with van der Waals surface area (Å²) in [5, 5.41) is 10.9. The number of nitrogens with zero attached hydrogens (tertiary/aromatic N) is 3. The molecular formula is C22H25F2N5O. The third kappa shape index (κ3) is 4.64. The fraction of sp³-hybridized carbons (Fsp3) is 0.409. The number of aromatic amines is 1. The Balaban J connectivity index is 1.46. The first-order chi connectivity index (χ1) is 14.3. The van der Waals surface area contributed by atoms with E-state index in [2.05, 4.69) is 25.4 Å². The predicted molar refractivity (Wildman–Crippen MR) is 111 cm³/mol. The number of piperidine rings is 1. The van der Waals surface area contributed by atoms with Gasteiger partial charge in [-0.15, -0.1) is 0 Å². The molecule has 0 saturated carbocycles. The number of hydrogen-bond donors (Lipinski definition) is 2. The molecule has 2 N–H and O–H groups in total. The molecule has 0 spiro atoms. The van der Waals surface area contributed by atoms with Crippen molar-refractivity contribution in [1.29, 1.82) is 0 Å². The average molecular weight is 413 g/mol. The average Bonchev–Trinajstić information content (AvgIpc) is 3.12. The monoisotopic (exact) mass is 413 g/mol. The van der Waals surface area contributed by atoms with Crippen molar-refractivity contribution in [3.8, 4) is 11.1 Å². The standard InChI is InChI=1S/C22H25F2N5O/c1-22(2,24)13-29-9-7-16(8-10-29)26-21(30)20-17-11-14(3-5-18(17)27-28-20)15-4-6-19(23)25-12-15/h3-6,11-12,16H,7-10,13H2,1-2H3,(H,26,30)(H,27,28). The second kappa shape index (κ2) is 8.10. The minimum Gasteiger partial charge on any atom is -0.348 e. The number of pyridine rings is 1. The smallest absolute Gasteiger partial charge is 0.272 e. The van der Waals surface area contributed by atoms with Crippen LogP contribution in [0.5, 0.6) is 0 Å². The minimum absolute atomic E-state index is 0.0349. The normalized spacial score (nSPS) is 16.1. The second-order valence-corrected chi connectivity index (χ2v) is 8.44. The molecular weight excluding hydrogens is 388 g/mol. The molecule has 3 aromatic rings. The van der Waals surface area contributed by atoms with Crippen molar-refractivity contribution < 1.29 is 13.6 Å². The molecule has 1 aliphatic rings. The molecule has 4 rings (SSSR count). The van der Waals surface area contributed by atoms with E-state index < -0.39 is 11.6 Å². The van der Waals surface area contributed by atoms with E-state index in [9.17, 15) is 13.6 Å². The number of rotatable bonds is 5. The Morgan fingerprint density at radius 3 is 2.63 bits per heavy atom. The fourth-order valence-electron chi connectivity index (χ4n) is 3.93. The first-order valence-corrected chi connectivity index (χ1v) is 10.1. The summed E-state index contributed by atoms with van der Waals surface area (Å²) in [4.78, 5) is 18.6. The van der Waals surface area contributed by atoms with Gasteiger partial charge in [-0.2, -0.15) is 9.49 Å². The minimum atomic E-state index is -1.22. The number of likely N-dealkylation sites (tertiary alicyclic amines) is 1. The number of aromatic nitrogens is 3. The number of amides is 1. The van der Waals surface area contributed by atoms with Gasteiger partial charge in [0.15, 0.2) is 5.69 Å². The molecule has 1 aliphatic heterocycles. The summed E-state index contributed by atoms with van der Waals surface area (Å²) >= 11 is 0. The van der Waals surface area contributed by atoms with Crippen LogP contribution in [-0.2, 0) is 0 Å². The van der Waals surface area contributed by atoms with Crippen LogP contribution in [0.25, 0.3) is 22.0 Å². The maximum Gasteiger partial charge on any atom is 0.272 e. The van der Waals surface area contributed by atoms with E-state index in [0.717, 1.165) is 42.6 Å². The van der Waals surface area contributed by atoms with E-state index in [1.54, 1.807) is 19.9 Å². The lowest BCUT2D eigenvalue weighted by molar-refractivity contribution is 0.0844.